The summed E-state index contributed by atoms with van der Waals surface area (Å²) in [5, 5.41) is 3.22. The van der Waals surface area contributed by atoms with E-state index in [2.05, 4.69) is 5.32 Å². The molecule has 0 radical (unpaired) electrons. The van der Waals surface area contributed by atoms with Crippen LogP contribution in [0.4, 0.5) is 8.78 Å². The van der Waals surface area contributed by atoms with Crippen molar-refractivity contribution in [1.29, 1.82) is 0 Å². The molecule has 38 heavy (non-hydrogen) atoms. The molecule has 2 aliphatic rings. The lowest BCUT2D eigenvalue weighted by molar-refractivity contribution is -0.128. The first kappa shape index (κ1) is 26.1. The van der Waals surface area contributed by atoms with E-state index in [1.54, 1.807) is 41.3 Å². The first-order chi connectivity index (χ1) is 18.4. The highest BCUT2D eigenvalue weighted by Gasteiger charge is 2.44. The van der Waals surface area contributed by atoms with E-state index in [1.807, 2.05) is 12.1 Å². The summed E-state index contributed by atoms with van der Waals surface area (Å²) in [6.45, 7) is 1.55. The van der Waals surface area contributed by atoms with Crippen LogP contribution in [0.2, 0.25) is 0 Å². The number of benzene rings is 3. The molecule has 0 spiro atoms. The van der Waals surface area contributed by atoms with Crippen LogP contribution in [0.1, 0.15) is 60.9 Å². The van der Waals surface area contributed by atoms with E-state index in [0.29, 0.717) is 44.0 Å². The van der Waals surface area contributed by atoms with E-state index >= 15 is 0 Å². The number of nitrogens with one attached hydrogen (secondary N) is 1. The summed E-state index contributed by atoms with van der Waals surface area (Å²) >= 11 is 0. The third-order valence-corrected chi connectivity index (χ3v) is 8.32. The van der Waals surface area contributed by atoms with Gasteiger partial charge in [-0.05, 0) is 84.7 Å². The number of nitrogens with zero attached hydrogens (tertiary/aromatic N) is 1. The molecule has 0 atom stereocenters. The number of hydrogen-bond donors (Lipinski definition) is 1. The number of hydrogen-bond acceptors (Lipinski definition) is 2. The van der Waals surface area contributed by atoms with Crippen LogP contribution in [0.3, 0.4) is 0 Å². The highest BCUT2D eigenvalue weighted by Crippen LogP contribution is 2.37. The van der Waals surface area contributed by atoms with Crippen LogP contribution in [0.5, 0.6) is 0 Å². The Morgan fingerprint density at radius 1 is 0.763 bits per heavy atom. The lowest BCUT2D eigenvalue weighted by atomic mass is 9.71. The lowest BCUT2D eigenvalue weighted by Crippen LogP contribution is -2.53. The number of rotatable bonds is 6. The van der Waals surface area contributed by atoms with Gasteiger partial charge in [-0.2, -0.15) is 0 Å². The van der Waals surface area contributed by atoms with E-state index < -0.39 is 5.41 Å². The molecule has 3 aromatic rings. The zero-order valence-corrected chi connectivity index (χ0v) is 21.6. The Morgan fingerprint density at radius 2 is 1.29 bits per heavy atom. The van der Waals surface area contributed by atoms with Crippen molar-refractivity contribution in [2.45, 2.75) is 50.4 Å². The average molecular weight is 517 g/mol. The van der Waals surface area contributed by atoms with Crippen LogP contribution in [0, 0.1) is 17.6 Å². The zero-order chi connectivity index (χ0) is 26.5. The normalized spacial score (nSPS) is 17.7. The maximum Gasteiger partial charge on any atom is 0.253 e. The predicted molar refractivity (Wildman–Crippen MR) is 145 cm³/mol. The average Bonchev–Trinajstić information content (AvgIpc) is 2.97. The maximum absolute atomic E-state index is 13.7. The Morgan fingerprint density at radius 3 is 1.87 bits per heavy atom. The predicted octanol–water partition coefficient (Wildman–Crippen LogP) is 6.50. The fraction of sp³-hybridized carbons (Fsp3) is 0.375. The molecule has 6 heteroatoms. The number of carbonyl (C=O) groups is 2. The summed E-state index contributed by atoms with van der Waals surface area (Å²) in [5.74, 6) is -0.206. The van der Waals surface area contributed by atoms with Crippen molar-refractivity contribution >= 4 is 11.8 Å². The second kappa shape index (κ2) is 11.5. The van der Waals surface area contributed by atoms with E-state index in [1.165, 1.54) is 43.5 Å². The van der Waals surface area contributed by atoms with Crippen LogP contribution in [-0.4, -0.2) is 36.3 Å². The fourth-order valence-electron chi connectivity index (χ4n) is 5.93. The monoisotopic (exact) mass is 516 g/mol. The molecule has 0 aromatic heterocycles. The molecule has 0 bridgehead atoms. The van der Waals surface area contributed by atoms with Crippen molar-refractivity contribution in [2.75, 3.05) is 19.6 Å². The minimum Gasteiger partial charge on any atom is -0.355 e. The number of halogens is 2. The van der Waals surface area contributed by atoms with Crippen LogP contribution in [0.15, 0.2) is 72.8 Å². The van der Waals surface area contributed by atoms with E-state index in [0.717, 1.165) is 29.5 Å². The molecule has 2 amide bonds. The quantitative estimate of drug-likeness (QED) is 0.407. The highest BCUT2D eigenvalue weighted by atomic mass is 19.1. The topological polar surface area (TPSA) is 49.4 Å². The van der Waals surface area contributed by atoms with Gasteiger partial charge in [-0.3, -0.25) is 9.59 Å². The van der Waals surface area contributed by atoms with Crippen LogP contribution < -0.4 is 5.32 Å². The summed E-state index contributed by atoms with van der Waals surface area (Å²) in [7, 11) is 0. The smallest absolute Gasteiger partial charge is 0.253 e. The number of likely N-dealkylation sites (tertiary alicyclic amines) is 1. The van der Waals surface area contributed by atoms with Crippen LogP contribution in [0.25, 0.3) is 11.1 Å². The van der Waals surface area contributed by atoms with Crippen molar-refractivity contribution < 1.29 is 18.4 Å². The zero-order valence-electron chi connectivity index (χ0n) is 21.6. The van der Waals surface area contributed by atoms with Crippen molar-refractivity contribution in [3.8, 4) is 11.1 Å². The van der Waals surface area contributed by atoms with Gasteiger partial charge in [0.25, 0.3) is 5.91 Å². The van der Waals surface area contributed by atoms with Gasteiger partial charge in [0.1, 0.15) is 11.6 Å². The van der Waals surface area contributed by atoms with E-state index in [4.69, 9.17) is 0 Å². The lowest BCUT2D eigenvalue weighted by Gasteiger charge is -2.41. The Hall–Kier alpha value is -3.54. The van der Waals surface area contributed by atoms with Crippen molar-refractivity contribution in [3.63, 3.8) is 0 Å². The molecule has 2 fully saturated rings. The summed E-state index contributed by atoms with van der Waals surface area (Å²) in [6, 6.07) is 19.8. The summed E-state index contributed by atoms with van der Waals surface area (Å²) in [5.41, 5.74) is 2.38. The SMILES string of the molecule is O=C(c1ccc(-c2ccc(F)cc2)cc1)N1CCC(C(=O)NCC2CCCCC2)(c2ccc(F)cc2)CC1. The van der Waals surface area contributed by atoms with Gasteiger partial charge in [0.2, 0.25) is 5.91 Å². The first-order valence-corrected chi connectivity index (χ1v) is 13.6. The molecule has 3 aromatic carbocycles. The Kier molecular flexibility index (Phi) is 7.87. The molecule has 1 N–H and O–H groups in total. The van der Waals surface area contributed by atoms with Crippen LogP contribution >= 0.6 is 0 Å². The van der Waals surface area contributed by atoms with Gasteiger partial charge in [-0.15, -0.1) is 0 Å². The molecule has 1 aliphatic carbocycles. The fourth-order valence-corrected chi connectivity index (χ4v) is 5.93. The third-order valence-electron chi connectivity index (χ3n) is 8.32. The van der Waals surface area contributed by atoms with Gasteiger partial charge < -0.3 is 10.2 Å². The van der Waals surface area contributed by atoms with Crippen molar-refractivity contribution in [3.05, 3.63) is 95.6 Å². The van der Waals surface area contributed by atoms with Gasteiger partial charge in [0, 0.05) is 25.2 Å². The molecule has 1 saturated heterocycles. The third kappa shape index (κ3) is 5.64. The molecule has 0 unspecified atom stereocenters. The van der Waals surface area contributed by atoms with Crippen LogP contribution in [-0.2, 0) is 10.2 Å². The molecular weight excluding hydrogens is 482 g/mol. The molecule has 5 rings (SSSR count). The van der Waals surface area contributed by atoms with Gasteiger partial charge >= 0.3 is 0 Å². The molecule has 1 heterocycles. The Bertz CT molecular complexity index is 1240. The van der Waals surface area contributed by atoms with Crippen molar-refractivity contribution in [2.24, 2.45) is 5.92 Å². The summed E-state index contributed by atoms with van der Waals surface area (Å²) in [6.07, 6.45) is 6.95. The van der Waals surface area contributed by atoms with Gasteiger partial charge in [-0.1, -0.05) is 55.7 Å². The highest BCUT2D eigenvalue weighted by molar-refractivity contribution is 5.95. The standard InChI is InChI=1S/C32H34F2N2O2/c33-28-14-10-25(11-15-28)24-6-8-26(9-7-24)30(37)36-20-18-32(19-21-36,27-12-16-29(34)17-13-27)31(38)35-22-23-4-2-1-3-5-23/h6-17,23H,1-5,18-22H2,(H,35,38). The van der Waals surface area contributed by atoms with Gasteiger partial charge in [0.15, 0.2) is 0 Å². The van der Waals surface area contributed by atoms with Gasteiger partial charge in [-0.25, -0.2) is 8.78 Å². The molecule has 1 aliphatic heterocycles. The first-order valence-electron chi connectivity index (χ1n) is 13.6. The van der Waals surface area contributed by atoms with Gasteiger partial charge in [0.05, 0.1) is 5.41 Å². The number of carbonyl (C=O) groups excluding carboxylic acids is 2. The number of piperidine rings is 1. The second-order valence-electron chi connectivity index (χ2n) is 10.7. The summed E-state index contributed by atoms with van der Waals surface area (Å²) < 4.78 is 27.0. The van der Waals surface area contributed by atoms with E-state index in [9.17, 15) is 18.4 Å². The van der Waals surface area contributed by atoms with Crippen molar-refractivity contribution in [1.82, 2.24) is 10.2 Å². The minimum atomic E-state index is -0.786. The maximum atomic E-state index is 13.7. The molecule has 1 saturated carbocycles. The minimum absolute atomic E-state index is 0.0227. The van der Waals surface area contributed by atoms with E-state index in [-0.39, 0.29) is 23.4 Å². The Labute approximate surface area is 223 Å². The molecule has 198 valence electrons. The number of amides is 2. The Balaban J connectivity index is 1.28. The molecule has 4 nitrogen and oxygen atoms in total. The summed E-state index contributed by atoms with van der Waals surface area (Å²) in [4.78, 5) is 28.8. The second-order valence-corrected chi connectivity index (χ2v) is 10.7. The molecular formula is C32H34F2N2O2. The largest absolute Gasteiger partial charge is 0.355 e.